The third kappa shape index (κ3) is 1.95. The Balaban J connectivity index is 1.65. The fourth-order valence-corrected chi connectivity index (χ4v) is 4.15. The van der Waals surface area contributed by atoms with E-state index in [4.69, 9.17) is 11.6 Å². The number of amides is 1. The molecule has 4 rings (SSSR count). The number of nitrogens with one attached hydrogen (secondary N) is 2. The SMILES string of the molecule is CC(=O)NC1C2CC(O)(c3cc(Cl)cc4[nH]ncc34)CC21. The third-order valence-electron chi connectivity index (χ3n) is 4.87. The van der Waals surface area contributed by atoms with Gasteiger partial charge in [0.2, 0.25) is 5.91 Å². The number of aromatic nitrogens is 2. The van der Waals surface area contributed by atoms with Crippen molar-refractivity contribution in [1.29, 1.82) is 0 Å². The first kappa shape index (κ1) is 13.1. The van der Waals surface area contributed by atoms with Gasteiger partial charge < -0.3 is 10.4 Å². The molecule has 5 nitrogen and oxygen atoms in total. The van der Waals surface area contributed by atoms with Gasteiger partial charge in [-0.1, -0.05) is 11.6 Å². The van der Waals surface area contributed by atoms with Crippen molar-refractivity contribution >= 4 is 28.4 Å². The number of hydrogen-bond acceptors (Lipinski definition) is 3. The number of nitrogens with zero attached hydrogens (tertiary/aromatic N) is 1. The number of rotatable bonds is 2. The first-order chi connectivity index (χ1) is 9.98. The van der Waals surface area contributed by atoms with Gasteiger partial charge in [-0.15, -0.1) is 0 Å². The van der Waals surface area contributed by atoms with Gasteiger partial charge in [0.15, 0.2) is 0 Å². The minimum Gasteiger partial charge on any atom is -0.385 e. The van der Waals surface area contributed by atoms with Crippen molar-refractivity contribution < 1.29 is 9.90 Å². The molecule has 0 radical (unpaired) electrons. The van der Waals surface area contributed by atoms with Crippen LogP contribution in [0.3, 0.4) is 0 Å². The van der Waals surface area contributed by atoms with Crippen molar-refractivity contribution in [3.63, 3.8) is 0 Å². The molecule has 1 heterocycles. The van der Waals surface area contributed by atoms with Crippen LogP contribution in [0.15, 0.2) is 18.3 Å². The van der Waals surface area contributed by atoms with Crippen molar-refractivity contribution in [2.45, 2.75) is 31.4 Å². The molecule has 2 aromatic rings. The fraction of sp³-hybridized carbons (Fsp3) is 0.467. The number of halogens is 1. The van der Waals surface area contributed by atoms with Crippen molar-refractivity contribution in [2.75, 3.05) is 0 Å². The Kier molecular flexibility index (Phi) is 2.63. The molecular formula is C15H16ClN3O2. The minimum atomic E-state index is -0.878. The highest BCUT2D eigenvalue weighted by Gasteiger charge is 2.62. The number of benzene rings is 1. The van der Waals surface area contributed by atoms with E-state index in [9.17, 15) is 9.90 Å². The zero-order valence-corrected chi connectivity index (χ0v) is 12.3. The summed E-state index contributed by atoms with van der Waals surface area (Å²) < 4.78 is 0. The molecule has 1 aromatic heterocycles. The summed E-state index contributed by atoms with van der Waals surface area (Å²) in [6, 6.07) is 3.87. The predicted octanol–water partition coefficient (Wildman–Crippen LogP) is 1.95. The van der Waals surface area contributed by atoms with Crippen LogP contribution >= 0.6 is 11.6 Å². The van der Waals surface area contributed by atoms with E-state index < -0.39 is 5.60 Å². The highest BCUT2D eigenvalue weighted by atomic mass is 35.5. The molecule has 6 heteroatoms. The van der Waals surface area contributed by atoms with Crippen molar-refractivity contribution in [3.05, 3.63) is 28.9 Å². The predicted molar refractivity (Wildman–Crippen MR) is 78.8 cm³/mol. The van der Waals surface area contributed by atoms with Crippen molar-refractivity contribution in [3.8, 4) is 0 Å². The van der Waals surface area contributed by atoms with Crippen LogP contribution in [0.5, 0.6) is 0 Å². The van der Waals surface area contributed by atoms with E-state index >= 15 is 0 Å². The molecule has 2 aliphatic rings. The van der Waals surface area contributed by atoms with Crippen LogP contribution in [-0.4, -0.2) is 27.3 Å². The summed E-state index contributed by atoms with van der Waals surface area (Å²) in [5.41, 5.74) is 0.801. The van der Waals surface area contributed by atoms with E-state index in [0.717, 1.165) is 16.5 Å². The molecule has 1 amide bonds. The lowest BCUT2D eigenvalue weighted by Crippen LogP contribution is -2.32. The normalized spacial score (nSPS) is 34.0. The van der Waals surface area contributed by atoms with Crippen LogP contribution in [0.4, 0.5) is 0 Å². The lowest BCUT2D eigenvalue weighted by atomic mass is 9.86. The molecule has 0 spiro atoms. The van der Waals surface area contributed by atoms with E-state index in [2.05, 4.69) is 15.5 Å². The Morgan fingerprint density at radius 3 is 2.86 bits per heavy atom. The number of fused-ring (bicyclic) bond motifs is 2. The van der Waals surface area contributed by atoms with Gasteiger partial charge in [0.1, 0.15) is 0 Å². The Bertz CT molecular complexity index is 730. The zero-order valence-electron chi connectivity index (χ0n) is 11.6. The summed E-state index contributed by atoms with van der Waals surface area (Å²) in [6.45, 7) is 1.53. The zero-order chi connectivity index (χ0) is 14.8. The summed E-state index contributed by atoms with van der Waals surface area (Å²) in [7, 11) is 0. The van der Waals surface area contributed by atoms with E-state index in [1.165, 1.54) is 6.92 Å². The minimum absolute atomic E-state index is 0.00193. The lowest BCUT2D eigenvalue weighted by Gasteiger charge is -2.27. The standard InChI is InChI=1S/C15H16ClN3O2/c1-7(20)18-14-9-4-15(21,5-10(9)14)12-2-8(16)3-13-11(12)6-17-19-13/h2-3,6,9-10,14,21H,4-5H2,1H3,(H,17,19)(H,18,20). The molecule has 2 fully saturated rings. The average molecular weight is 306 g/mol. The van der Waals surface area contributed by atoms with Crippen LogP contribution in [0.25, 0.3) is 10.9 Å². The maximum atomic E-state index is 11.1. The summed E-state index contributed by atoms with van der Waals surface area (Å²) in [5.74, 6) is 0.720. The Labute approximate surface area is 126 Å². The average Bonchev–Trinajstić information content (AvgIpc) is 2.83. The second-order valence-corrected chi connectivity index (χ2v) is 6.71. The van der Waals surface area contributed by atoms with Gasteiger partial charge >= 0.3 is 0 Å². The van der Waals surface area contributed by atoms with Gasteiger partial charge in [-0.3, -0.25) is 9.89 Å². The number of carbonyl (C=O) groups is 1. The number of hydrogen-bond donors (Lipinski definition) is 3. The van der Waals surface area contributed by atoms with Crippen LogP contribution < -0.4 is 5.32 Å². The first-order valence-corrected chi connectivity index (χ1v) is 7.48. The van der Waals surface area contributed by atoms with Gasteiger partial charge in [-0.2, -0.15) is 5.10 Å². The molecule has 0 bridgehead atoms. The topological polar surface area (TPSA) is 78.0 Å². The summed E-state index contributed by atoms with van der Waals surface area (Å²) in [6.07, 6.45) is 3.04. The molecular weight excluding hydrogens is 290 g/mol. The van der Waals surface area contributed by atoms with Crippen LogP contribution in [0.1, 0.15) is 25.3 Å². The molecule has 21 heavy (non-hydrogen) atoms. The smallest absolute Gasteiger partial charge is 0.217 e. The maximum Gasteiger partial charge on any atom is 0.217 e. The van der Waals surface area contributed by atoms with E-state index in [-0.39, 0.29) is 11.9 Å². The lowest BCUT2D eigenvalue weighted by molar-refractivity contribution is -0.119. The molecule has 3 N–H and O–H groups in total. The Morgan fingerprint density at radius 2 is 2.19 bits per heavy atom. The Morgan fingerprint density at radius 1 is 1.48 bits per heavy atom. The number of aromatic amines is 1. The van der Waals surface area contributed by atoms with Crippen molar-refractivity contribution in [2.24, 2.45) is 11.8 Å². The fourth-order valence-electron chi connectivity index (χ4n) is 3.93. The number of carbonyl (C=O) groups excluding carboxylic acids is 1. The second-order valence-electron chi connectivity index (χ2n) is 6.28. The number of H-pyrrole nitrogens is 1. The molecule has 0 aliphatic heterocycles. The van der Waals surface area contributed by atoms with Crippen LogP contribution in [0.2, 0.25) is 5.02 Å². The molecule has 0 saturated heterocycles. The quantitative estimate of drug-likeness (QED) is 0.793. The van der Waals surface area contributed by atoms with E-state index in [0.29, 0.717) is 29.7 Å². The molecule has 1 aromatic carbocycles. The Hall–Kier alpha value is -1.59. The van der Waals surface area contributed by atoms with E-state index in [1.54, 1.807) is 6.20 Å². The highest BCUT2D eigenvalue weighted by Crippen LogP contribution is 2.60. The molecule has 2 unspecified atom stereocenters. The van der Waals surface area contributed by atoms with Gasteiger partial charge in [-0.25, -0.2) is 0 Å². The van der Waals surface area contributed by atoms with Gasteiger partial charge in [0.05, 0.1) is 17.3 Å². The van der Waals surface area contributed by atoms with E-state index in [1.807, 2.05) is 12.1 Å². The third-order valence-corrected chi connectivity index (χ3v) is 5.09. The largest absolute Gasteiger partial charge is 0.385 e. The van der Waals surface area contributed by atoms with Crippen LogP contribution in [0, 0.1) is 11.8 Å². The van der Waals surface area contributed by atoms with Gasteiger partial charge in [0.25, 0.3) is 0 Å². The second kappa shape index (κ2) is 4.21. The number of aliphatic hydroxyl groups is 1. The monoisotopic (exact) mass is 305 g/mol. The highest BCUT2D eigenvalue weighted by molar-refractivity contribution is 6.31. The molecule has 110 valence electrons. The van der Waals surface area contributed by atoms with Crippen LogP contribution in [-0.2, 0) is 10.4 Å². The summed E-state index contributed by atoms with van der Waals surface area (Å²) in [5, 5.41) is 22.4. The summed E-state index contributed by atoms with van der Waals surface area (Å²) in [4.78, 5) is 11.1. The molecule has 2 saturated carbocycles. The van der Waals surface area contributed by atoms with Crippen molar-refractivity contribution in [1.82, 2.24) is 15.5 Å². The van der Waals surface area contributed by atoms with Gasteiger partial charge in [-0.05, 0) is 42.4 Å². The molecule has 2 atom stereocenters. The molecule has 2 aliphatic carbocycles. The summed E-state index contributed by atoms with van der Waals surface area (Å²) >= 11 is 6.15. The maximum absolute atomic E-state index is 11.1. The van der Waals surface area contributed by atoms with Gasteiger partial charge in [0, 0.05) is 23.4 Å². The first-order valence-electron chi connectivity index (χ1n) is 7.10.